The van der Waals surface area contributed by atoms with Crippen LogP contribution >= 0.6 is 22.9 Å². The average Bonchev–Trinajstić information content (AvgIpc) is 3.30. The van der Waals surface area contributed by atoms with Crippen LogP contribution in [0.3, 0.4) is 0 Å². The maximum absolute atomic E-state index is 12.7. The van der Waals surface area contributed by atoms with Gasteiger partial charge < -0.3 is 10.2 Å². The van der Waals surface area contributed by atoms with Gasteiger partial charge in [-0.3, -0.25) is 9.69 Å². The number of aromatic nitrogens is 1. The first-order chi connectivity index (χ1) is 15.1. The van der Waals surface area contributed by atoms with Crippen LogP contribution in [0.25, 0.3) is 0 Å². The summed E-state index contributed by atoms with van der Waals surface area (Å²) in [5.41, 5.74) is 2.80. The van der Waals surface area contributed by atoms with Crippen LogP contribution in [0.15, 0.2) is 60.0 Å². The molecular formula is C24H27ClN4OS. The molecule has 0 aliphatic carbocycles. The number of carbonyl (C=O) groups excluding carboxylic acids is 1. The lowest BCUT2D eigenvalue weighted by Crippen LogP contribution is -2.40. The van der Waals surface area contributed by atoms with Crippen molar-refractivity contribution >= 4 is 39.7 Å². The first kappa shape index (κ1) is 21.8. The van der Waals surface area contributed by atoms with Crippen LogP contribution in [-0.2, 0) is 6.54 Å². The fraction of sp³-hybridized carbons (Fsp3) is 0.333. The lowest BCUT2D eigenvalue weighted by Gasteiger charge is -2.32. The summed E-state index contributed by atoms with van der Waals surface area (Å²) < 4.78 is 0. The SMILES string of the molecule is CN(c1ccccc1)c1nc(C(=O)NC[C@@H]2CCCN(Cc3ccc(Cl)cc3)C2)cs1. The number of hydrogen-bond acceptors (Lipinski definition) is 5. The van der Waals surface area contributed by atoms with Gasteiger partial charge in [0.25, 0.3) is 5.91 Å². The highest BCUT2D eigenvalue weighted by Gasteiger charge is 2.21. The number of likely N-dealkylation sites (tertiary alicyclic amines) is 1. The van der Waals surface area contributed by atoms with E-state index in [1.807, 2.05) is 59.8 Å². The molecule has 1 saturated heterocycles. The van der Waals surface area contributed by atoms with E-state index in [1.54, 1.807) is 0 Å². The smallest absolute Gasteiger partial charge is 0.270 e. The van der Waals surface area contributed by atoms with Gasteiger partial charge in [0.05, 0.1) is 0 Å². The van der Waals surface area contributed by atoms with E-state index in [9.17, 15) is 4.79 Å². The molecule has 2 aromatic carbocycles. The Morgan fingerprint density at radius 1 is 1.23 bits per heavy atom. The van der Waals surface area contributed by atoms with Gasteiger partial charge in [-0.05, 0) is 55.1 Å². The van der Waals surface area contributed by atoms with E-state index in [4.69, 9.17) is 11.6 Å². The first-order valence-corrected chi connectivity index (χ1v) is 11.8. The van der Waals surface area contributed by atoms with Gasteiger partial charge in [0.1, 0.15) is 5.69 Å². The van der Waals surface area contributed by atoms with Crippen molar-refractivity contribution in [3.63, 3.8) is 0 Å². The molecule has 1 fully saturated rings. The number of benzene rings is 2. The molecule has 7 heteroatoms. The first-order valence-electron chi connectivity index (χ1n) is 10.6. The highest BCUT2D eigenvalue weighted by Crippen LogP contribution is 2.26. The molecule has 0 radical (unpaired) electrons. The molecule has 1 aliphatic rings. The average molecular weight is 455 g/mol. The number of amides is 1. The van der Waals surface area contributed by atoms with Crippen LogP contribution in [-0.4, -0.2) is 42.5 Å². The number of rotatable bonds is 7. The Labute approximate surface area is 192 Å². The minimum Gasteiger partial charge on any atom is -0.350 e. The molecule has 31 heavy (non-hydrogen) atoms. The molecule has 1 aliphatic heterocycles. The fourth-order valence-electron chi connectivity index (χ4n) is 3.92. The summed E-state index contributed by atoms with van der Waals surface area (Å²) in [4.78, 5) is 21.6. The standard InChI is InChI=1S/C24H27ClN4OS/c1-28(21-7-3-2-4-8-21)24-27-22(17-31-24)23(30)26-14-19-6-5-13-29(16-19)15-18-9-11-20(25)12-10-18/h2-4,7-12,17,19H,5-6,13-16H2,1H3,(H,26,30)/t19-/m0/s1. The molecule has 1 atom stereocenters. The van der Waals surface area contributed by atoms with Crippen molar-refractivity contribution in [2.45, 2.75) is 19.4 Å². The lowest BCUT2D eigenvalue weighted by molar-refractivity contribution is 0.0926. The topological polar surface area (TPSA) is 48.5 Å². The summed E-state index contributed by atoms with van der Waals surface area (Å²) in [5.74, 6) is 0.355. The monoisotopic (exact) mass is 454 g/mol. The Morgan fingerprint density at radius 3 is 2.77 bits per heavy atom. The third kappa shape index (κ3) is 5.85. The van der Waals surface area contributed by atoms with Gasteiger partial charge in [-0.1, -0.05) is 41.9 Å². The van der Waals surface area contributed by atoms with E-state index >= 15 is 0 Å². The number of nitrogens with one attached hydrogen (secondary N) is 1. The van der Waals surface area contributed by atoms with Gasteiger partial charge in [-0.25, -0.2) is 4.98 Å². The maximum Gasteiger partial charge on any atom is 0.270 e. The Balaban J connectivity index is 1.28. The normalized spacial score (nSPS) is 16.8. The van der Waals surface area contributed by atoms with Crippen LogP contribution in [0, 0.1) is 5.92 Å². The van der Waals surface area contributed by atoms with Crippen molar-refractivity contribution in [1.82, 2.24) is 15.2 Å². The number of anilines is 2. The highest BCUT2D eigenvalue weighted by molar-refractivity contribution is 7.14. The molecule has 4 rings (SSSR count). The Morgan fingerprint density at radius 2 is 2.00 bits per heavy atom. The van der Waals surface area contributed by atoms with Crippen molar-refractivity contribution in [3.05, 3.63) is 76.3 Å². The van der Waals surface area contributed by atoms with Gasteiger partial charge in [-0.2, -0.15) is 0 Å². The van der Waals surface area contributed by atoms with Gasteiger partial charge in [0.15, 0.2) is 5.13 Å². The molecule has 0 unspecified atom stereocenters. The molecule has 0 bridgehead atoms. The molecule has 0 spiro atoms. The predicted molar refractivity (Wildman–Crippen MR) is 128 cm³/mol. The summed E-state index contributed by atoms with van der Waals surface area (Å²) in [6.45, 7) is 3.68. The zero-order valence-corrected chi connectivity index (χ0v) is 19.2. The zero-order chi connectivity index (χ0) is 21.6. The van der Waals surface area contributed by atoms with E-state index in [2.05, 4.69) is 27.3 Å². The molecule has 1 N–H and O–H groups in total. The minimum atomic E-state index is -0.0983. The Bertz CT molecular complexity index is 992. The molecule has 1 amide bonds. The van der Waals surface area contributed by atoms with Gasteiger partial charge in [0.2, 0.25) is 0 Å². The Kier molecular flexibility index (Phi) is 7.22. The van der Waals surface area contributed by atoms with E-state index < -0.39 is 0 Å². The van der Waals surface area contributed by atoms with E-state index in [0.29, 0.717) is 18.2 Å². The van der Waals surface area contributed by atoms with E-state index in [1.165, 1.54) is 16.9 Å². The quantitative estimate of drug-likeness (QED) is 0.532. The highest BCUT2D eigenvalue weighted by atomic mass is 35.5. The van der Waals surface area contributed by atoms with Gasteiger partial charge in [-0.15, -0.1) is 11.3 Å². The molecule has 162 valence electrons. The van der Waals surface area contributed by atoms with Crippen LogP contribution in [0.2, 0.25) is 5.02 Å². The summed E-state index contributed by atoms with van der Waals surface area (Å²) in [5, 5.41) is 6.50. The maximum atomic E-state index is 12.7. The third-order valence-corrected chi connectivity index (χ3v) is 6.80. The predicted octanol–water partition coefficient (Wildman–Crippen LogP) is 5.21. The van der Waals surface area contributed by atoms with Crippen molar-refractivity contribution in [3.8, 4) is 0 Å². The van der Waals surface area contributed by atoms with Crippen LogP contribution in [0.1, 0.15) is 28.9 Å². The molecule has 5 nitrogen and oxygen atoms in total. The van der Waals surface area contributed by atoms with Crippen molar-refractivity contribution in [2.75, 3.05) is 31.6 Å². The summed E-state index contributed by atoms with van der Waals surface area (Å²) in [6.07, 6.45) is 2.29. The van der Waals surface area contributed by atoms with Crippen molar-refractivity contribution in [2.24, 2.45) is 5.92 Å². The fourth-order valence-corrected chi connectivity index (χ4v) is 4.84. The molecule has 2 heterocycles. The number of carbonyl (C=O) groups is 1. The number of thiazole rings is 1. The van der Waals surface area contributed by atoms with Gasteiger partial charge >= 0.3 is 0 Å². The molecule has 3 aromatic rings. The van der Waals surface area contributed by atoms with Crippen LogP contribution in [0.5, 0.6) is 0 Å². The van der Waals surface area contributed by atoms with Crippen molar-refractivity contribution < 1.29 is 4.79 Å². The number of halogens is 1. The van der Waals surface area contributed by atoms with Crippen molar-refractivity contribution in [1.29, 1.82) is 0 Å². The molecular weight excluding hydrogens is 428 g/mol. The minimum absolute atomic E-state index is 0.0983. The van der Waals surface area contributed by atoms with E-state index in [0.717, 1.165) is 48.3 Å². The summed E-state index contributed by atoms with van der Waals surface area (Å²) in [7, 11) is 1.97. The third-order valence-electron chi connectivity index (χ3n) is 5.63. The van der Waals surface area contributed by atoms with E-state index in [-0.39, 0.29) is 5.91 Å². The number of hydrogen-bond donors (Lipinski definition) is 1. The second kappa shape index (κ2) is 10.3. The zero-order valence-electron chi connectivity index (χ0n) is 17.6. The largest absolute Gasteiger partial charge is 0.350 e. The van der Waals surface area contributed by atoms with Crippen LogP contribution < -0.4 is 10.2 Å². The second-order valence-electron chi connectivity index (χ2n) is 7.99. The second-order valence-corrected chi connectivity index (χ2v) is 9.26. The lowest BCUT2D eigenvalue weighted by atomic mass is 9.97. The number of nitrogens with zero attached hydrogens (tertiary/aromatic N) is 3. The molecule has 0 saturated carbocycles. The Hall–Kier alpha value is -2.41. The number of piperidine rings is 1. The molecule has 1 aromatic heterocycles. The number of para-hydroxylation sites is 1. The van der Waals surface area contributed by atoms with Crippen LogP contribution in [0.4, 0.5) is 10.8 Å². The summed E-state index contributed by atoms with van der Waals surface area (Å²) in [6, 6.07) is 18.1. The van der Waals surface area contributed by atoms with Gasteiger partial charge in [0, 0.05) is 42.8 Å². The summed E-state index contributed by atoms with van der Waals surface area (Å²) >= 11 is 7.47.